The van der Waals surface area contributed by atoms with E-state index in [0.29, 0.717) is 6.42 Å². The lowest BCUT2D eigenvalue weighted by Gasteiger charge is -2.15. The Balaban J connectivity index is 2.93. The number of nitro benzene ring substituents is 1. The number of carbonyl (C=O) groups is 1. The van der Waals surface area contributed by atoms with Gasteiger partial charge in [0.05, 0.1) is 15.7 Å². The highest BCUT2D eigenvalue weighted by Gasteiger charge is 2.23. The van der Waals surface area contributed by atoms with Gasteiger partial charge in [0.1, 0.15) is 0 Å². The Hall–Kier alpha value is -2.00. The molecule has 128 valence electrons. The van der Waals surface area contributed by atoms with Gasteiger partial charge in [-0.25, -0.2) is 13.1 Å². The largest absolute Gasteiger partial charge is 0.481 e. The summed E-state index contributed by atoms with van der Waals surface area (Å²) >= 11 is 0. The molecule has 1 rings (SSSR count). The van der Waals surface area contributed by atoms with Gasteiger partial charge in [-0.3, -0.25) is 14.9 Å². The highest BCUT2D eigenvalue weighted by Crippen LogP contribution is 2.21. The molecule has 2 N–H and O–H groups in total. The van der Waals surface area contributed by atoms with E-state index in [1.807, 2.05) is 13.8 Å². The van der Waals surface area contributed by atoms with E-state index in [1.54, 1.807) is 0 Å². The zero-order valence-corrected chi connectivity index (χ0v) is 14.0. The number of carboxylic acids is 1. The van der Waals surface area contributed by atoms with E-state index in [2.05, 4.69) is 4.72 Å². The fourth-order valence-corrected chi connectivity index (χ4v) is 3.30. The van der Waals surface area contributed by atoms with Gasteiger partial charge in [0.25, 0.3) is 5.69 Å². The lowest BCUT2D eigenvalue weighted by molar-refractivity contribution is -0.385. The fourth-order valence-electron chi connectivity index (χ4n) is 2.13. The summed E-state index contributed by atoms with van der Waals surface area (Å²) in [5, 5.41) is 19.9. The number of hydrogen-bond acceptors (Lipinski definition) is 5. The minimum atomic E-state index is -3.93. The first-order valence-electron chi connectivity index (χ1n) is 7.02. The third-order valence-electron chi connectivity index (χ3n) is 3.30. The third kappa shape index (κ3) is 5.29. The fraction of sp³-hybridized carbons (Fsp3) is 0.500. The van der Waals surface area contributed by atoms with Crippen LogP contribution < -0.4 is 4.72 Å². The van der Waals surface area contributed by atoms with Crippen molar-refractivity contribution in [3.63, 3.8) is 0 Å². The molecule has 1 atom stereocenters. The molecule has 0 heterocycles. The summed E-state index contributed by atoms with van der Waals surface area (Å²) in [6.45, 7) is 4.91. The molecule has 23 heavy (non-hydrogen) atoms. The average Bonchev–Trinajstić information content (AvgIpc) is 2.42. The van der Waals surface area contributed by atoms with Crippen LogP contribution in [0.1, 0.15) is 25.8 Å². The van der Waals surface area contributed by atoms with Crippen LogP contribution in [-0.4, -0.2) is 31.0 Å². The van der Waals surface area contributed by atoms with E-state index < -0.39 is 26.8 Å². The van der Waals surface area contributed by atoms with Crippen LogP contribution in [0, 0.1) is 28.9 Å². The average molecular weight is 344 g/mol. The van der Waals surface area contributed by atoms with E-state index >= 15 is 0 Å². The Morgan fingerprint density at radius 1 is 1.39 bits per heavy atom. The van der Waals surface area contributed by atoms with E-state index in [4.69, 9.17) is 5.11 Å². The predicted molar refractivity (Wildman–Crippen MR) is 83.6 cm³/mol. The van der Waals surface area contributed by atoms with Gasteiger partial charge in [0.2, 0.25) is 10.0 Å². The second-order valence-electron chi connectivity index (χ2n) is 5.72. The number of aryl methyl sites for hydroxylation is 1. The lowest BCUT2D eigenvalue weighted by Crippen LogP contribution is -2.33. The number of hydrogen-bond donors (Lipinski definition) is 2. The number of nitrogens with one attached hydrogen (secondary N) is 1. The lowest BCUT2D eigenvalue weighted by atomic mass is 9.98. The monoisotopic (exact) mass is 344 g/mol. The minimum Gasteiger partial charge on any atom is -0.481 e. The first-order chi connectivity index (χ1) is 10.5. The number of nitrogens with zero attached hydrogens (tertiary/aromatic N) is 1. The maximum atomic E-state index is 12.2. The summed E-state index contributed by atoms with van der Waals surface area (Å²) in [7, 11) is -3.93. The Kier molecular flexibility index (Phi) is 6.22. The molecule has 1 aromatic rings. The zero-order valence-electron chi connectivity index (χ0n) is 13.1. The Bertz CT molecular complexity index is 699. The molecule has 9 heteroatoms. The van der Waals surface area contributed by atoms with Gasteiger partial charge >= 0.3 is 5.97 Å². The first kappa shape index (κ1) is 19.0. The standard InChI is InChI=1S/C14H20N2O6S/c1-9(2)6-11(14(17)18)8-15-23(21,22)12-4-5-13(16(19)20)10(3)7-12/h4-5,7,9,11,15H,6,8H2,1-3H3,(H,17,18). The van der Waals surface area contributed by atoms with Gasteiger partial charge in [-0.05, 0) is 31.4 Å². The van der Waals surface area contributed by atoms with Crippen LogP contribution in [0.25, 0.3) is 0 Å². The number of rotatable bonds is 8. The van der Waals surface area contributed by atoms with E-state index in [9.17, 15) is 23.3 Å². The van der Waals surface area contributed by atoms with Crippen molar-refractivity contribution in [2.45, 2.75) is 32.1 Å². The van der Waals surface area contributed by atoms with E-state index in [0.717, 1.165) is 12.1 Å². The highest BCUT2D eigenvalue weighted by atomic mass is 32.2. The Morgan fingerprint density at radius 2 is 2.00 bits per heavy atom. The van der Waals surface area contributed by atoms with Crippen LogP contribution in [0.4, 0.5) is 5.69 Å². The van der Waals surface area contributed by atoms with Crippen molar-refractivity contribution < 1.29 is 23.2 Å². The van der Waals surface area contributed by atoms with Crippen LogP contribution in [0.2, 0.25) is 0 Å². The molecular weight excluding hydrogens is 324 g/mol. The molecule has 0 aliphatic rings. The molecule has 0 bridgehead atoms. The van der Waals surface area contributed by atoms with Crippen LogP contribution in [0.3, 0.4) is 0 Å². The van der Waals surface area contributed by atoms with Crippen molar-refractivity contribution >= 4 is 21.7 Å². The van der Waals surface area contributed by atoms with Crippen LogP contribution in [-0.2, 0) is 14.8 Å². The normalized spacial score (nSPS) is 13.0. The van der Waals surface area contributed by atoms with Crippen molar-refractivity contribution in [3.8, 4) is 0 Å². The predicted octanol–water partition coefficient (Wildman–Crippen LogP) is 1.93. The van der Waals surface area contributed by atoms with Gasteiger partial charge in [-0.2, -0.15) is 0 Å². The molecule has 0 saturated carbocycles. The smallest absolute Gasteiger partial charge is 0.307 e. The SMILES string of the molecule is Cc1cc(S(=O)(=O)NCC(CC(C)C)C(=O)O)ccc1[N+](=O)[O-]. The summed E-state index contributed by atoms with van der Waals surface area (Å²) < 4.78 is 26.7. The summed E-state index contributed by atoms with van der Waals surface area (Å²) in [6.07, 6.45) is 0.344. The Labute approximate surface area is 134 Å². The summed E-state index contributed by atoms with van der Waals surface area (Å²) in [4.78, 5) is 21.2. The van der Waals surface area contributed by atoms with Crippen molar-refractivity contribution in [2.24, 2.45) is 11.8 Å². The topological polar surface area (TPSA) is 127 Å². The molecule has 0 aromatic heterocycles. The van der Waals surface area contributed by atoms with Gasteiger partial charge in [0.15, 0.2) is 0 Å². The van der Waals surface area contributed by atoms with E-state index in [-0.39, 0.29) is 28.6 Å². The number of sulfonamides is 1. The van der Waals surface area contributed by atoms with Crippen LogP contribution >= 0.6 is 0 Å². The van der Waals surface area contributed by atoms with Crippen molar-refractivity contribution in [3.05, 3.63) is 33.9 Å². The van der Waals surface area contributed by atoms with Gasteiger partial charge in [0, 0.05) is 18.2 Å². The summed E-state index contributed by atoms with van der Waals surface area (Å²) in [6, 6.07) is 3.44. The molecule has 0 aliphatic carbocycles. The summed E-state index contributed by atoms with van der Waals surface area (Å²) in [5.41, 5.74) is 0.0435. The molecule has 0 aliphatic heterocycles. The third-order valence-corrected chi connectivity index (χ3v) is 4.72. The molecule has 0 fully saturated rings. The molecular formula is C14H20N2O6S. The van der Waals surface area contributed by atoms with E-state index in [1.165, 1.54) is 13.0 Å². The van der Waals surface area contributed by atoms with Crippen LogP contribution in [0.5, 0.6) is 0 Å². The Morgan fingerprint density at radius 3 is 2.43 bits per heavy atom. The first-order valence-corrected chi connectivity index (χ1v) is 8.50. The molecule has 8 nitrogen and oxygen atoms in total. The molecule has 1 aromatic carbocycles. The van der Waals surface area contributed by atoms with Gasteiger partial charge in [-0.15, -0.1) is 0 Å². The minimum absolute atomic E-state index is 0.113. The second-order valence-corrected chi connectivity index (χ2v) is 7.49. The second kappa shape index (κ2) is 7.51. The maximum absolute atomic E-state index is 12.2. The quantitative estimate of drug-likeness (QED) is 0.548. The number of benzene rings is 1. The van der Waals surface area contributed by atoms with Crippen molar-refractivity contribution in [2.75, 3.05) is 6.54 Å². The van der Waals surface area contributed by atoms with Crippen LogP contribution in [0.15, 0.2) is 23.1 Å². The molecule has 0 spiro atoms. The zero-order chi connectivity index (χ0) is 17.8. The molecule has 0 amide bonds. The molecule has 1 unspecified atom stereocenters. The van der Waals surface area contributed by atoms with Crippen molar-refractivity contribution in [1.82, 2.24) is 4.72 Å². The van der Waals surface area contributed by atoms with Crippen molar-refractivity contribution in [1.29, 1.82) is 0 Å². The molecule has 0 saturated heterocycles. The van der Waals surface area contributed by atoms with Gasteiger partial charge < -0.3 is 5.11 Å². The highest BCUT2D eigenvalue weighted by molar-refractivity contribution is 7.89. The number of aliphatic carboxylic acids is 1. The molecule has 0 radical (unpaired) electrons. The summed E-state index contributed by atoms with van der Waals surface area (Å²) in [5.74, 6) is -1.78. The number of carboxylic acid groups (broad SMARTS) is 1. The maximum Gasteiger partial charge on any atom is 0.307 e. The van der Waals surface area contributed by atoms with Gasteiger partial charge in [-0.1, -0.05) is 13.8 Å². The number of nitro groups is 1.